The molecule has 0 aromatic carbocycles. The molecule has 15 heavy (non-hydrogen) atoms. The van der Waals surface area contributed by atoms with Gasteiger partial charge in [0.05, 0.1) is 5.01 Å². The molecule has 0 atom stereocenters. The highest BCUT2D eigenvalue weighted by atomic mass is 32.1. The summed E-state index contributed by atoms with van der Waals surface area (Å²) in [6.07, 6.45) is 5.68. The number of rotatable bonds is 5. The van der Waals surface area contributed by atoms with Gasteiger partial charge in [0.15, 0.2) is 5.96 Å². The quantitative estimate of drug-likeness (QED) is 0.391. The van der Waals surface area contributed by atoms with Crippen LogP contribution in [-0.4, -0.2) is 16.9 Å². The second-order valence-corrected chi connectivity index (χ2v) is 3.90. The van der Waals surface area contributed by atoms with Crippen LogP contribution in [-0.2, 0) is 11.2 Å². The number of nitrogens with two attached hydrogens (primary N) is 1. The molecule has 0 saturated heterocycles. The molecule has 0 aliphatic carbocycles. The van der Waals surface area contributed by atoms with E-state index in [1.165, 1.54) is 6.42 Å². The number of aryl methyl sites for hydroxylation is 1. The standard InChI is InChI=1S/C9H13N4OS/c10-9(11)13-7(14)3-1-2-4-8-12-5-6-15-8/h3,5-6H,1-2,4H2,(H4,10,11,13,14). The Morgan fingerprint density at radius 1 is 1.73 bits per heavy atom. The first-order chi connectivity index (χ1) is 7.18. The van der Waals surface area contributed by atoms with Crippen LogP contribution in [0.5, 0.6) is 0 Å². The van der Waals surface area contributed by atoms with Crippen molar-refractivity contribution in [3.8, 4) is 0 Å². The SMILES string of the molecule is N=C(N)NC(=O)[CH]CCCc1nccs1. The monoisotopic (exact) mass is 225 g/mol. The lowest BCUT2D eigenvalue weighted by atomic mass is 10.2. The zero-order valence-electron chi connectivity index (χ0n) is 8.19. The first-order valence-corrected chi connectivity index (χ1v) is 5.43. The average molecular weight is 225 g/mol. The summed E-state index contributed by atoms with van der Waals surface area (Å²) in [6.45, 7) is 0. The lowest BCUT2D eigenvalue weighted by Crippen LogP contribution is -2.35. The summed E-state index contributed by atoms with van der Waals surface area (Å²) in [6, 6.07) is 0. The smallest absolute Gasteiger partial charge is 0.230 e. The van der Waals surface area contributed by atoms with E-state index in [1.54, 1.807) is 17.5 Å². The molecule has 1 rings (SSSR count). The van der Waals surface area contributed by atoms with Crippen LogP contribution in [0.25, 0.3) is 0 Å². The molecule has 6 heteroatoms. The van der Waals surface area contributed by atoms with Gasteiger partial charge in [0.1, 0.15) is 0 Å². The highest BCUT2D eigenvalue weighted by molar-refractivity contribution is 7.09. The van der Waals surface area contributed by atoms with Crippen molar-refractivity contribution in [2.45, 2.75) is 19.3 Å². The third-order valence-corrected chi connectivity index (χ3v) is 2.51. The molecule has 1 amide bonds. The van der Waals surface area contributed by atoms with Gasteiger partial charge in [0.2, 0.25) is 5.91 Å². The van der Waals surface area contributed by atoms with Crippen LogP contribution >= 0.6 is 11.3 Å². The molecule has 1 aromatic rings. The molecular weight excluding hydrogens is 212 g/mol. The number of unbranched alkanes of at least 4 members (excludes halogenated alkanes) is 1. The zero-order chi connectivity index (χ0) is 11.1. The van der Waals surface area contributed by atoms with E-state index in [0.29, 0.717) is 6.42 Å². The fraction of sp³-hybridized carbons (Fsp3) is 0.333. The number of carbonyl (C=O) groups excluding carboxylic acids is 1. The molecule has 0 saturated carbocycles. The van der Waals surface area contributed by atoms with Gasteiger partial charge in [0.25, 0.3) is 0 Å². The Morgan fingerprint density at radius 2 is 2.53 bits per heavy atom. The van der Waals surface area contributed by atoms with Crippen molar-refractivity contribution in [2.24, 2.45) is 5.73 Å². The van der Waals surface area contributed by atoms with Gasteiger partial charge in [-0.15, -0.1) is 11.3 Å². The van der Waals surface area contributed by atoms with Crippen molar-refractivity contribution in [1.82, 2.24) is 10.3 Å². The van der Waals surface area contributed by atoms with Gasteiger partial charge in [-0.3, -0.25) is 15.5 Å². The van der Waals surface area contributed by atoms with Gasteiger partial charge in [0, 0.05) is 18.0 Å². The van der Waals surface area contributed by atoms with Crippen molar-refractivity contribution in [2.75, 3.05) is 0 Å². The van der Waals surface area contributed by atoms with Gasteiger partial charge in [-0.1, -0.05) is 0 Å². The van der Waals surface area contributed by atoms with Crippen molar-refractivity contribution < 1.29 is 4.79 Å². The Labute approximate surface area is 92.2 Å². The van der Waals surface area contributed by atoms with Crippen molar-refractivity contribution >= 4 is 23.2 Å². The van der Waals surface area contributed by atoms with E-state index < -0.39 is 0 Å². The molecule has 5 nitrogen and oxygen atoms in total. The predicted molar refractivity (Wildman–Crippen MR) is 59.4 cm³/mol. The number of amides is 1. The molecule has 1 radical (unpaired) electrons. The number of thiazole rings is 1. The third-order valence-electron chi connectivity index (χ3n) is 1.67. The Hall–Kier alpha value is -1.43. The van der Waals surface area contributed by atoms with Crippen molar-refractivity contribution in [3.63, 3.8) is 0 Å². The minimum Gasteiger partial charge on any atom is -0.370 e. The maximum absolute atomic E-state index is 11.0. The van der Waals surface area contributed by atoms with Crippen LogP contribution in [0.4, 0.5) is 0 Å². The first kappa shape index (κ1) is 11.6. The Balaban J connectivity index is 2.06. The van der Waals surface area contributed by atoms with E-state index in [0.717, 1.165) is 17.8 Å². The van der Waals surface area contributed by atoms with E-state index in [1.807, 2.05) is 5.38 Å². The molecule has 1 heterocycles. The normalized spacial score (nSPS) is 9.87. The number of guanidine groups is 1. The topological polar surface area (TPSA) is 91.9 Å². The van der Waals surface area contributed by atoms with Crippen molar-refractivity contribution in [3.05, 3.63) is 23.0 Å². The molecule has 1 aromatic heterocycles. The summed E-state index contributed by atoms with van der Waals surface area (Å²) in [5.41, 5.74) is 5.00. The van der Waals surface area contributed by atoms with Crippen LogP contribution < -0.4 is 11.1 Å². The average Bonchev–Trinajstić information content (AvgIpc) is 2.63. The van der Waals surface area contributed by atoms with Gasteiger partial charge in [-0.2, -0.15) is 0 Å². The third kappa shape index (κ3) is 5.11. The van der Waals surface area contributed by atoms with Gasteiger partial charge in [-0.05, 0) is 19.3 Å². The van der Waals surface area contributed by atoms with E-state index >= 15 is 0 Å². The summed E-state index contributed by atoms with van der Waals surface area (Å²) in [7, 11) is 0. The largest absolute Gasteiger partial charge is 0.370 e. The van der Waals surface area contributed by atoms with Crippen LogP contribution in [0.3, 0.4) is 0 Å². The molecule has 0 bridgehead atoms. The second-order valence-electron chi connectivity index (χ2n) is 2.93. The first-order valence-electron chi connectivity index (χ1n) is 4.55. The maximum atomic E-state index is 11.0. The summed E-state index contributed by atoms with van der Waals surface area (Å²) < 4.78 is 0. The number of hydrogen-bond donors (Lipinski definition) is 3. The van der Waals surface area contributed by atoms with E-state index in [9.17, 15) is 4.79 Å². The summed E-state index contributed by atoms with van der Waals surface area (Å²) in [4.78, 5) is 15.1. The molecule has 81 valence electrons. The van der Waals surface area contributed by atoms with Crippen LogP contribution in [0.2, 0.25) is 0 Å². The number of nitrogens with zero attached hydrogens (tertiary/aromatic N) is 1. The summed E-state index contributed by atoms with van der Waals surface area (Å²) in [5.74, 6) is -0.641. The fourth-order valence-corrected chi connectivity index (χ4v) is 1.71. The van der Waals surface area contributed by atoms with Crippen LogP contribution in [0, 0.1) is 11.8 Å². The van der Waals surface area contributed by atoms with Gasteiger partial charge >= 0.3 is 0 Å². The van der Waals surface area contributed by atoms with Crippen LogP contribution in [0.15, 0.2) is 11.6 Å². The highest BCUT2D eigenvalue weighted by Crippen LogP contribution is 2.08. The second kappa shape index (κ2) is 6.13. The number of aromatic nitrogens is 1. The maximum Gasteiger partial charge on any atom is 0.230 e. The molecule has 0 spiro atoms. The number of nitrogens with one attached hydrogen (secondary N) is 2. The Bertz CT molecular complexity index is 323. The molecule has 0 aliphatic heterocycles. The van der Waals surface area contributed by atoms with Gasteiger partial charge < -0.3 is 5.73 Å². The molecular formula is C9H13N4OS. The number of hydrogen-bond acceptors (Lipinski definition) is 4. The van der Waals surface area contributed by atoms with Gasteiger partial charge in [-0.25, -0.2) is 4.98 Å². The Kier molecular flexibility index (Phi) is 4.76. The van der Waals surface area contributed by atoms with Crippen molar-refractivity contribution in [1.29, 1.82) is 5.41 Å². The van der Waals surface area contributed by atoms with E-state index in [2.05, 4.69) is 10.3 Å². The lowest BCUT2D eigenvalue weighted by molar-refractivity contribution is -0.116. The fourth-order valence-electron chi connectivity index (χ4n) is 1.05. The summed E-state index contributed by atoms with van der Waals surface area (Å²) in [5, 5.41) is 12.0. The Morgan fingerprint density at radius 3 is 3.13 bits per heavy atom. The molecule has 4 N–H and O–H groups in total. The molecule has 0 aliphatic rings. The lowest BCUT2D eigenvalue weighted by Gasteiger charge is -2.00. The number of carbonyl (C=O) groups is 1. The molecule has 0 unspecified atom stereocenters. The highest BCUT2D eigenvalue weighted by Gasteiger charge is 2.02. The summed E-state index contributed by atoms with van der Waals surface area (Å²) >= 11 is 1.61. The van der Waals surface area contributed by atoms with Crippen LogP contribution in [0.1, 0.15) is 17.8 Å². The zero-order valence-corrected chi connectivity index (χ0v) is 9.01. The minimum atomic E-state index is -0.323. The van der Waals surface area contributed by atoms with E-state index in [-0.39, 0.29) is 11.9 Å². The molecule has 0 fully saturated rings. The van der Waals surface area contributed by atoms with E-state index in [4.69, 9.17) is 11.1 Å². The predicted octanol–water partition coefficient (Wildman–Crippen LogP) is 0.680. The minimum absolute atomic E-state index is 0.318.